The van der Waals surface area contributed by atoms with Crippen LogP contribution >= 0.6 is 11.3 Å². The number of aromatic nitrogens is 3. The fraction of sp³-hybridized carbons (Fsp3) is 0.588. The Morgan fingerprint density at radius 2 is 2.17 bits per heavy atom. The monoisotopic (exact) mass is 345 g/mol. The largest absolute Gasteiger partial charge is 0.347 e. The minimum Gasteiger partial charge on any atom is -0.347 e. The molecular formula is C17H23N5OS. The molecule has 4 heterocycles. The average molecular weight is 345 g/mol. The van der Waals surface area contributed by atoms with Gasteiger partial charge in [-0.2, -0.15) is 5.10 Å². The molecule has 0 spiro atoms. The van der Waals surface area contributed by atoms with E-state index in [0.717, 1.165) is 57.0 Å². The lowest BCUT2D eigenvalue weighted by Crippen LogP contribution is -2.47. The van der Waals surface area contributed by atoms with Crippen molar-refractivity contribution in [2.45, 2.75) is 38.3 Å². The number of anilines is 1. The molecule has 2 fully saturated rings. The Morgan fingerprint density at radius 3 is 2.96 bits per heavy atom. The first-order chi connectivity index (χ1) is 11.8. The van der Waals surface area contributed by atoms with Gasteiger partial charge < -0.3 is 9.80 Å². The van der Waals surface area contributed by atoms with E-state index < -0.39 is 0 Å². The predicted molar refractivity (Wildman–Crippen MR) is 94.0 cm³/mol. The van der Waals surface area contributed by atoms with E-state index in [2.05, 4.69) is 19.9 Å². The zero-order chi connectivity index (χ0) is 16.4. The Kier molecular flexibility index (Phi) is 4.51. The SMILES string of the molecule is O=C([C@@H]1CCCN(c2nccs2)C1)N1CCC[C@H]1Cn1cccn1. The summed E-state index contributed by atoms with van der Waals surface area (Å²) in [7, 11) is 0. The number of nitrogens with zero attached hydrogens (tertiary/aromatic N) is 5. The molecule has 24 heavy (non-hydrogen) atoms. The van der Waals surface area contributed by atoms with E-state index in [1.165, 1.54) is 0 Å². The molecule has 0 saturated carbocycles. The highest BCUT2D eigenvalue weighted by Gasteiger charge is 2.35. The van der Waals surface area contributed by atoms with Gasteiger partial charge in [0.15, 0.2) is 5.13 Å². The van der Waals surface area contributed by atoms with Crippen LogP contribution in [0.5, 0.6) is 0 Å². The highest BCUT2D eigenvalue weighted by atomic mass is 32.1. The molecule has 2 aliphatic heterocycles. The first kappa shape index (κ1) is 15.6. The molecule has 0 aromatic carbocycles. The number of rotatable bonds is 4. The van der Waals surface area contributed by atoms with Gasteiger partial charge in [0, 0.05) is 43.6 Å². The summed E-state index contributed by atoms with van der Waals surface area (Å²) < 4.78 is 1.94. The Balaban J connectivity index is 1.42. The average Bonchev–Trinajstić information content (AvgIpc) is 3.37. The van der Waals surface area contributed by atoms with Crippen molar-refractivity contribution >= 4 is 22.4 Å². The van der Waals surface area contributed by atoms with Gasteiger partial charge in [0.05, 0.1) is 18.5 Å². The lowest BCUT2D eigenvalue weighted by Gasteiger charge is -2.35. The number of thiazole rings is 1. The Bertz CT molecular complexity index is 657. The third-order valence-electron chi connectivity index (χ3n) is 5.08. The third kappa shape index (κ3) is 3.17. The first-order valence-electron chi connectivity index (χ1n) is 8.73. The van der Waals surface area contributed by atoms with Gasteiger partial charge in [-0.3, -0.25) is 9.48 Å². The van der Waals surface area contributed by atoms with Gasteiger partial charge in [-0.05, 0) is 31.7 Å². The van der Waals surface area contributed by atoms with Gasteiger partial charge in [-0.15, -0.1) is 11.3 Å². The van der Waals surface area contributed by atoms with Gasteiger partial charge in [-0.25, -0.2) is 4.98 Å². The summed E-state index contributed by atoms with van der Waals surface area (Å²) in [4.78, 5) is 21.9. The third-order valence-corrected chi connectivity index (χ3v) is 5.91. The maximum atomic E-state index is 13.1. The van der Waals surface area contributed by atoms with Crippen LogP contribution in [0.2, 0.25) is 0 Å². The second-order valence-corrected chi connectivity index (χ2v) is 7.53. The molecule has 1 amide bonds. The lowest BCUT2D eigenvalue weighted by molar-refractivity contribution is -0.136. The number of carbonyl (C=O) groups is 1. The zero-order valence-electron chi connectivity index (χ0n) is 13.8. The van der Waals surface area contributed by atoms with Crippen LogP contribution in [0.4, 0.5) is 5.13 Å². The molecule has 2 aliphatic rings. The summed E-state index contributed by atoms with van der Waals surface area (Å²) in [5.74, 6) is 0.423. The normalized spacial score (nSPS) is 24.5. The van der Waals surface area contributed by atoms with E-state index in [-0.39, 0.29) is 12.0 Å². The van der Waals surface area contributed by atoms with Crippen molar-refractivity contribution in [1.82, 2.24) is 19.7 Å². The van der Waals surface area contributed by atoms with Crippen LogP contribution < -0.4 is 4.90 Å². The number of amides is 1. The number of hydrogen-bond donors (Lipinski definition) is 0. The standard InChI is InChI=1S/C17H23N5OS/c23-16(14-4-1-8-20(12-14)17-18-7-11-24-17)22-10-2-5-15(22)13-21-9-3-6-19-21/h3,6-7,9,11,14-15H,1-2,4-5,8,10,12-13H2/t14-,15+/m1/s1. The molecule has 128 valence electrons. The fourth-order valence-corrected chi connectivity index (χ4v) is 4.58. The van der Waals surface area contributed by atoms with E-state index in [4.69, 9.17) is 0 Å². The van der Waals surface area contributed by atoms with Crippen LogP contribution in [-0.2, 0) is 11.3 Å². The van der Waals surface area contributed by atoms with E-state index in [1.54, 1.807) is 17.5 Å². The molecule has 0 N–H and O–H groups in total. The van der Waals surface area contributed by atoms with Crippen LogP contribution in [0.25, 0.3) is 0 Å². The van der Waals surface area contributed by atoms with Crippen LogP contribution in [-0.4, -0.2) is 51.2 Å². The van der Waals surface area contributed by atoms with Crippen molar-refractivity contribution in [2.24, 2.45) is 5.92 Å². The second-order valence-electron chi connectivity index (χ2n) is 6.66. The fourth-order valence-electron chi connectivity index (χ4n) is 3.90. The minimum atomic E-state index is 0.0980. The molecule has 6 nitrogen and oxygen atoms in total. The molecule has 7 heteroatoms. The van der Waals surface area contributed by atoms with Crippen molar-refractivity contribution in [3.8, 4) is 0 Å². The Labute approximate surface area is 146 Å². The molecule has 0 aliphatic carbocycles. The molecule has 0 radical (unpaired) electrons. The Hall–Kier alpha value is -1.89. The molecule has 2 saturated heterocycles. The number of hydrogen-bond acceptors (Lipinski definition) is 5. The molecular weight excluding hydrogens is 322 g/mol. The van der Waals surface area contributed by atoms with Gasteiger partial charge in [0.25, 0.3) is 0 Å². The summed E-state index contributed by atoms with van der Waals surface area (Å²) in [6, 6.07) is 2.22. The van der Waals surface area contributed by atoms with Crippen LogP contribution in [0.3, 0.4) is 0 Å². The first-order valence-corrected chi connectivity index (χ1v) is 9.61. The van der Waals surface area contributed by atoms with Crippen LogP contribution in [0, 0.1) is 5.92 Å². The zero-order valence-corrected chi connectivity index (χ0v) is 14.6. The van der Waals surface area contributed by atoms with E-state index >= 15 is 0 Å². The van der Waals surface area contributed by atoms with Crippen LogP contribution in [0.15, 0.2) is 30.0 Å². The molecule has 2 atom stereocenters. The van der Waals surface area contributed by atoms with Crippen molar-refractivity contribution in [3.05, 3.63) is 30.0 Å². The summed E-state index contributed by atoms with van der Waals surface area (Å²) >= 11 is 1.66. The van der Waals surface area contributed by atoms with Crippen molar-refractivity contribution in [2.75, 3.05) is 24.5 Å². The summed E-state index contributed by atoms with van der Waals surface area (Å²) in [5, 5.41) is 7.34. The Morgan fingerprint density at radius 1 is 1.25 bits per heavy atom. The van der Waals surface area contributed by atoms with E-state index in [9.17, 15) is 4.79 Å². The van der Waals surface area contributed by atoms with Crippen molar-refractivity contribution < 1.29 is 4.79 Å². The molecule has 4 rings (SSSR count). The molecule has 0 unspecified atom stereocenters. The van der Waals surface area contributed by atoms with Gasteiger partial charge in [-0.1, -0.05) is 0 Å². The highest BCUT2D eigenvalue weighted by molar-refractivity contribution is 7.13. The molecule has 2 aromatic rings. The topological polar surface area (TPSA) is 54.3 Å². The van der Waals surface area contributed by atoms with Crippen molar-refractivity contribution in [1.29, 1.82) is 0 Å². The summed E-state index contributed by atoms with van der Waals surface area (Å²) in [5.41, 5.74) is 0. The maximum absolute atomic E-state index is 13.1. The van der Waals surface area contributed by atoms with E-state index in [1.807, 2.05) is 28.5 Å². The van der Waals surface area contributed by atoms with Gasteiger partial charge in [0.2, 0.25) is 5.91 Å². The molecule has 2 aromatic heterocycles. The smallest absolute Gasteiger partial charge is 0.227 e. The van der Waals surface area contributed by atoms with Crippen LogP contribution in [0.1, 0.15) is 25.7 Å². The lowest BCUT2D eigenvalue weighted by atomic mass is 9.96. The number of carbonyl (C=O) groups excluding carboxylic acids is 1. The van der Waals surface area contributed by atoms with Gasteiger partial charge in [0.1, 0.15) is 0 Å². The van der Waals surface area contributed by atoms with Gasteiger partial charge >= 0.3 is 0 Å². The van der Waals surface area contributed by atoms with Crippen molar-refractivity contribution in [3.63, 3.8) is 0 Å². The highest BCUT2D eigenvalue weighted by Crippen LogP contribution is 2.28. The molecule has 0 bridgehead atoms. The predicted octanol–water partition coefficient (Wildman–Crippen LogP) is 2.25. The number of likely N-dealkylation sites (tertiary alicyclic amines) is 1. The maximum Gasteiger partial charge on any atom is 0.227 e. The summed E-state index contributed by atoms with van der Waals surface area (Å²) in [6.45, 7) is 3.51. The second kappa shape index (κ2) is 6.93. The summed E-state index contributed by atoms with van der Waals surface area (Å²) in [6.07, 6.45) is 9.85. The number of piperidine rings is 1. The minimum absolute atomic E-state index is 0.0980. The quantitative estimate of drug-likeness (QED) is 0.853. The van der Waals surface area contributed by atoms with E-state index in [0.29, 0.717) is 5.91 Å².